The van der Waals surface area contributed by atoms with Gasteiger partial charge >= 0.3 is 0 Å². The van der Waals surface area contributed by atoms with Crippen LogP contribution in [0.3, 0.4) is 0 Å². The molecule has 0 bridgehead atoms. The van der Waals surface area contributed by atoms with E-state index in [2.05, 4.69) is 5.32 Å². The molecule has 38 heavy (non-hydrogen) atoms. The maximum atomic E-state index is 13.7. The number of ether oxygens (including phenoxy) is 3. The molecule has 0 aliphatic heterocycles. The highest BCUT2D eigenvalue weighted by molar-refractivity contribution is 5.88. The average Bonchev–Trinajstić information content (AvgIpc) is 2.92. The third-order valence-electron chi connectivity index (χ3n) is 6.08. The van der Waals surface area contributed by atoms with Crippen molar-refractivity contribution in [3.05, 3.63) is 89.5 Å². The summed E-state index contributed by atoms with van der Waals surface area (Å²) < 4.78 is 16.5. The van der Waals surface area contributed by atoms with Gasteiger partial charge in [-0.3, -0.25) is 9.59 Å². The lowest BCUT2D eigenvalue weighted by Crippen LogP contribution is -2.52. The van der Waals surface area contributed by atoms with E-state index in [4.69, 9.17) is 14.2 Å². The SMILES string of the molecule is COc1cc(OC)cc(OCC(=O)N(Cc2cccc(C)c2)[C@H](Cc2ccccc2)C(=O)NCC(C)C)c1. The van der Waals surface area contributed by atoms with Crippen LogP contribution in [0.25, 0.3) is 0 Å². The van der Waals surface area contributed by atoms with E-state index in [1.54, 1.807) is 37.3 Å². The monoisotopic (exact) mass is 518 g/mol. The van der Waals surface area contributed by atoms with Crippen molar-refractivity contribution < 1.29 is 23.8 Å². The molecule has 3 aromatic rings. The minimum Gasteiger partial charge on any atom is -0.496 e. The van der Waals surface area contributed by atoms with Crippen LogP contribution in [0.15, 0.2) is 72.8 Å². The van der Waals surface area contributed by atoms with E-state index in [-0.39, 0.29) is 30.9 Å². The molecule has 0 heterocycles. The molecule has 0 aliphatic carbocycles. The molecule has 3 aromatic carbocycles. The van der Waals surface area contributed by atoms with Crippen LogP contribution >= 0.6 is 0 Å². The standard InChI is InChI=1S/C31H38N2O5/c1-22(2)19-32-31(35)29(15-24-11-7-6-8-12-24)33(20-25-13-9-10-23(3)14-25)30(34)21-38-28-17-26(36-4)16-27(18-28)37-5/h6-14,16-18,22,29H,15,19-21H2,1-5H3,(H,32,35)/t29-/m1/s1. The molecule has 202 valence electrons. The highest BCUT2D eigenvalue weighted by Gasteiger charge is 2.30. The topological polar surface area (TPSA) is 77.1 Å². The summed E-state index contributed by atoms with van der Waals surface area (Å²) in [7, 11) is 3.11. The number of amides is 2. The fourth-order valence-corrected chi connectivity index (χ4v) is 4.08. The number of hydrogen-bond donors (Lipinski definition) is 1. The Morgan fingerprint density at radius 2 is 1.47 bits per heavy atom. The van der Waals surface area contributed by atoms with Crippen LogP contribution in [0.2, 0.25) is 0 Å². The third-order valence-corrected chi connectivity index (χ3v) is 6.08. The highest BCUT2D eigenvalue weighted by Crippen LogP contribution is 2.27. The largest absolute Gasteiger partial charge is 0.496 e. The third kappa shape index (κ3) is 8.54. The lowest BCUT2D eigenvalue weighted by atomic mass is 10.0. The Balaban J connectivity index is 1.91. The fraction of sp³-hybridized carbons (Fsp3) is 0.355. The van der Waals surface area contributed by atoms with Crippen LogP contribution in [-0.2, 0) is 22.6 Å². The van der Waals surface area contributed by atoms with Gasteiger partial charge in [-0.1, -0.05) is 74.0 Å². The van der Waals surface area contributed by atoms with Crippen molar-refractivity contribution in [1.29, 1.82) is 0 Å². The number of nitrogens with one attached hydrogen (secondary N) is 1. The van der Waals surface area contributed by atoms with Crippen LogP contribution in [-0.4, -0.2) is 50.1 Å². The Hall–Kier alpha value is -4.00. The first-order valence-corrected chi connectivity index (χ1v) is 12.8. The fourth-order valence-electron chi connectivity index (χ4n) is 4.08. The summed E-state index contributed by atoms with van der Waals surface area (Å²) in [5.41, 5.74) is 2.99. The number of methoxy groups -OCH3 is 2. The molecular weight excluding hydrogens is 480 g/mol. The molecule has 7 heteroatoms. The molecule has 1 atom stereocenters. The molecule has 0 radical (unpaired) electrons. The van der Waals surface area contributed by atoms with Gasteiger partial charge in [0.05, 0.1) is 14.2 Å². The molecule has 0 unspecified atom stereocenters. The van der Waals surface area contributed by atoms with Crippen molar-refractivity contribution in [3.63, 3.8) is 0 Å². The minimum atomic E-state index is -0.715. The van der Waals surface area contributed by atoms with Crippen molar-refractivity contribution in [2.24, 2.45) is 5.92 Å². The minimum absolute atomic E-state index is 0.188. The number of benzene rings is 3. The van der Waals surface area contributed by atoms with Gasteiger partial charge in [-0.25, -0.2) is 0 Å². The van der Waals surface area contributed by atoms with Crippen molar-refractivity contribution in [2.45, 2.75) is 39.8 Å². The zero-order valence-corrected chi connectivity index (χ0v) is 22.9. The first-order chi connectivity index (χ1) is 18.3. The van der Waals surface area contributed by atoms with Crippen LogP contribution in [0.4, 0.5) is 0 Å². The zero-order chi connectivity index (χ0) is 27.5. The summed E-state index contributed by atoms with van der Waals surface area (Å²) in [6.45, 7) is 6.64. The molecule has 0 spiro atoms. The van der Waals surface area contributed by atoms with Crippen LogP contribution in [0.5, 0.6) is 17.2 Å². The summed E-state index contributed by atoms with van der Waals surface area (Å²) in [5.74, 6) is 1.34. The Morgan fingerprint density at radius 1 is 0.842 bits per heavy atom. The Labute approximate surface area is 225 Å². The number of rotatable bonds is 13. The molecule has 3 rings (SSSR count). The summed E-state index contributed by atoms with van der Waals surface area (Å²) in [6.07, 6.45) is 0.384. The van der Waals surface area contributed by atoms with Crippen LogP contribution in [0.1, 0.15) is 30.5 Å². The molecule has 0 saturated heterocycles. The van der Waals surface area contributed by atoms with Gasteiger partial charge in [0, 0.05) is 37.7 Å². The molecule has 7 nitrogen and oxygen atoms in total. The summed E-state index contributed by atoms with van der Waals surface area (Å²) >= 11 is 0. The van der Waals surface area contributed by atoms with E-state index in [1.807, 2.05) is 75.4 Å². The Bertz CT molecular complexity index is 1170. The molecule has 0 aliphatic rings. The summed E-state index contributed by atoms with van der Waals surface area (Å²) in [4.78, 5) is 28.9. The van der Waals surface area contributed by atoms with E-state index in [0.29, 0.717) is 30.2 Å². The van der Waals surface area contributed by atoms with E-state index in [1.165, 1.54) is 0 Å². The van der Waals surface area contributed by atoms with Crippen molar-refractivity contribution in [2.75, 3.05) is 27.4 Å². The zero-order valence-electron chi connectivity index (χ0n) is 22.9. The van der Waals surface area contributed by atoms with Gasteiger partial charge in [-0.15, -0.1) is 0 Å². The van der Waals surface area contributed by atoms with Gasteiger partial charge in [-0.05, 0) is 24.0 Å². The lowest BCUT2D eigenvalue weighted by molar-refractivity contribution is -0.142. The van der Waals surface area contributed by atoms with Crippen molar-refractivity contribution in [3.8, 4) is 17.2 Å². The normalized spacial score (nSPS) is 11.5. The molecule has 0 aromatic heterocycles. The molecule has 1 N–H and O–H groups in total. The van der Waals surface area contributed by atoms with E-state index in [0.717, 1.165) is 16.7 Å². The molecular formula is C31H38N2O5. The lowest BCUT2D eigenvalue weighted by Gasteiger charge is -2.32. The van der Waals surface area contributed by atoms with Crippen LogP contribution in [0, 0.1) is 12.8 Å². The maximum absolute atomic E-state index is 13.7. The first-order valence-electron chi connectivity index (χ1n) is 12.8. The second-order valence-electron chi connectivity index (χ2n) is 9.69. The second-order valence-corrected chi connectivity index (χ2v) is 9.69. The second kappa shape index (κ2) is 14.1. The number of hydrogen-bond acceptors (Lipinski definition) is 5. The van der Waals surface area contributed by atoms with Gasteiger partial charge in [0.15, 0.2) is 6.61 Å². The van der Waals surface area contributed by atoms with Gasteiger partial charge in [0.25, 0.3) is 5.91 Å². The Morgan fingerprint density at radius 3 is 2.08 bits per heavy atom. The first kappa shape index (κ1) is 28.6. The maximum Gasteiger partial charge on any atom is 0.261 e. The van der Waals surface area contributed by atoms with Gasteiger partial charge in [0.2, 0.25) is 5.91 Å². The summed E-state index contributed by atoms with van der Waals surface area (Å²) in [5, 5.41) is 3.03. The summed E-state index contributed by atoms with van der Waals surface area (Å²) in [6, 6.07) is 22.1. The Kier molecular flexibility index (Phi) is 10.6. The number of nitrogens with zero attached hydrogens (tertiary/aromatic N) is 1. The van der Waals surface area contributed by atoms with E-state index in [9.17, 15) is 9.59 Å². The van der Waals surface area contributed by atoms with E-state index < -0.39 is 6.04 Å². The van der Waals surface area contributed by atoms with Crippen molar-refractivity contribution >= 4 is 11.8 Å². The van der Waals surface area contributed by atoms with Crippen LogP contribution < -0.4 is 19.5 Å². The van der Waals surface area contributed by atoms with E-state index >= 15 is 0 Å². The molecule has 2 amide bonds. The number of aryl methyl sites for hydroxylation is 1. The number of carbonyl (C=O) groups excluding carboxylic acids is 2. The quantitative estimate of drug-likeness (QED) is 0.352. The smallest absolute Gasteiger partial charge is 0.261 e. The predicted octanol–water partition coefficient (Wildman–Crippen LogP) is 4.80. The predicted molar refractivity (Wildman–Crippen MR) is 149 cm³/mol. The molecule has 0 fully saturated rings. The highest BCUT2D eigenvalue weighted by atomic mass is 16.5. The van der Waals surface area contributed by atoms with Gasteiger partial charge in [-0.2, -0.15) is 0 Å². The van der Waals surface area contributed by atoms with Gasteiger partial charge < -0.3 is 24.4 Å². The van der Waals surface area contributed by atoms with Gasteiger partial charge in [0.1, 0.15) is 23.3 Å². The average molecular weight is 519 g/mol. The molecule has 0 saturated carbocycles. The van der Waals surface area contributed by atoms with Crippen molar-refractivity contribution in [1.82, 2.24) is 10.2 Å². The number of carbonyl (C=O) groups is 2.